The van der Waals surface area contributed by atoms with Crippen molar-refractivity contribution in [3.63, 3.8) is 0 Å². The Bertz CT molecular complexity index is 691. The fourth-order valence-corrected chi connectivity index (χ4v) is 1.84. The van der Waals surface area contributed by atoms with E-state index in [2.05, 4.69) is 5.10 Å². The van der Waals surface area contributed by atoms with Crippen LogP contribution in [0.25, 0.3) is 5.69 Å². The summed E-state index contributed by atoms with van der Waals surface area (Å²) >= 11 is 0. The van der Waals surface area contributed by atoms with E-state index in [1.807, 2.05) is 31.2 Å². The minimum atomic E-state index is -0.901. The summed E-state index contributed by atoms with van der Waals surface area (Å²) in [6, 6.07) is 7.50. The largest absolute Gasteiger partial charge is 0.513 e. The van der Waals surface area contributed by atoms with Gasteiger partial charge in [-0.1, -0.05) is 17.7 Å². The molecule has 0 atom stereocenters. The van der Waals surface area contributed by atoms with Gasteiger partial charge in [0.25, 0.3) is 0 Å². The lowest BCUT2D eigenvalue weighted by Gasteiger charge is -2.03. The molecular formula is C16H18N2O5. The molecule has 0 fully saturated rings. The lowest BCUT2D eigenvalue weighted by atomic mass is 10.2. The van der Waals surface area contributed by atoms with Crippen molar-refractivity contribution in [1.82, 2.24) is 9.78 Å². The number of benzene rings is 1. The molecule has 7 heteroatoms. The second-order valence-electron chi connectivity index (χ2n) is 4.63. The fourth-order valence-electron chi connectivity index (χ4n) is 1.84. The number of rotatable bonds is 5. The van der Waals surface area contributed by atoms with Crippen LogP contribution in [0.4, 0.5) is 4.79 Å². The van der Waals surface area contributed by atoms with E-state index in [0.29, 0.717) is 0 Å². The van der Waals surface area contributed by atoms with Gasteiger partial charge >= 0.3 is 12.1 Å². The van der Waals surface area contributed by atoms with Gasteiger partial charge in [0.2, 0.25) is 5.69 Å². The van der Waals surface area contributed by atoms with Crippen LogP contribution in [0.1, 0.15) is 29.9 Å². The first-order valence-corrected chi connectivity index (χ1v) is 7.23. The third-order valence-electron chi connectivity index (χ3n) is 2.90. The van der Waals surface area contributed by atoms with Gasteiger partial charge in [0.1, 0.15) is 0 Å². The Hall–Kier alpha value is -2.83. The summed E-state index contributed by atoms with van der Waals surface area (Å²) in [5.41, 5.74) is 1.73. The number of esters is 1. The summed E-state index contributed by atoms with van der Waals surface area (Å²) in [6.07, 6.45) is 0.537. The Labute approximate surface area is 133 Å². The monoisotopic (exact) mass is 318 g/mol. The lowest BCUT2D eigenvalue weighted by molar-refractivity contribution is 0.0513. The molecule has 0 aliphatic heterocycles. The first-order chi connectivity index (χ1) is 11.0. The van der Waals surface area contributed by atoms with Crippen molar-refractivity contribution < 1.29 is 23.8 Å². The Morgan fingerprint density at radius 3 is 2.35 bits per heavy atom. The van der Waals surface area contributed by atoms with E-state index in [1.165, 1.54) is 10.9 Å². The molecule has 0 aliphatic carbocycles. The Morgan fingerprint density at radius 1 is 1.09 bits per heavy atom. The van der Waals surface area contributed by atoms with E-state index >= 15 is 0 Å². The highest BCUT2D eigenvalue weighted by molar-refractivity contribution is 5.91. The molecule has 0 unspecified atom stereocenters. The molecule has 0 bridgehead atoms. The van der Waals surface area contributed by atoms with Gasteiger partial charge in [-0.05, 0) is 32.9 Å². The highest BCUT2D eigenvalue weighted by Crippen LogP contribution is 2.21. The minimum absolute atomic E-state index is 0.0116. The van der Waals surface area contributed by atoms with Crippen molar-refractivity contribution in [2.45, 2.75) is 20.8 Å². The quantitative estimate of drug-likeness (QED) is 0.789. The molecule has 1 heterocycles. The van der Waals surface area contributed by atoms with E-state index in [-0.39, 0.29) is 24.7 Å². The van der Waals surface area contributed by atoms with E-state index in [1.54, 1.807) is 13.8 Å². The molecule has 2 rings (SSSR count). The summed E-state index contributed by atoms with van der Waals surface area (Å²) in [4.78, 5) is 23.5. The van der Waals surface area contributed by atoms with Crippen LogP contribution in [0.5, 0.6) is 5.75 Å². The number of aromatic nitrogens is 2. The van der Waals surface area contributed by atoms with E-state index in [4.69, 9.17) is 14.2 Å². The number of carbonyl (C=O) groups is 2. The zero-order chi connectivity index (χ0) is 16.8. The predicted molar refractivity (Wildman–Crippen MR) is 81.9 cm³/mol. The molecule has 0 amide bonds. The topological polar surface area (TPSA) is 79.7 Å². The van der Waals surface area contributed by atoms with Crippen molar-refractivity contribution in [3.8, 4) is 11.4 Å². The van der Waals surface area contributed by atoms with Crippen molar-refractivity contribution in [2.75, 3.05) is 13.2 Å². The Morgan fingerprint density at radius 2 is 1.74 bits per heavy atom. The van der Waals surface area contributed by atoms with Crippen LogP contribution in [-0.2, 0) is 9.47 Å². The molecular weight excluding hydrogens is 300 g/mol. The number of aryl methyl sites for hydroxylation is 1. The molecule has 1 aromatic carbocycles. The summed E-state index contributed by atoms with van der Waals surface area (Å²) in [7, 11) is 0. The van der Waals surface area contributed by atoms with Crippen molar-refractivity contribution in [1.29, 1.82) is 0 Å². The summed E-state index contributed by atoms with van der Waals surface area (Å²) in [5, 5.41) is 4.15. The van der Waals surface area contributed by atoms with Crippen LogP contribution in [0, 0.1) is 6.92 Å². The Kier molecular flexibility index (Phi) is 5.35. The normalized spacial score (nSPS) is 10.2. The van der Waals surface area contributed by atoms with E-state index < -0.39 is 12.1 Å². The number of ether oxygens (including phenoxy) is 3. The van der Waals surface area contributed by atoms with Gasteiger partial charge in [-0.3, -0.25) is 0 Å². The fraction of sp³-hybridized carbons (Fsp3) is 0.312. The van der Waals surface area contributed by atoms with Gasteiger partial charge in [-0.15, -0.1) is 0 Å². The number of carbonyl (C=O) groups excluding carboxylic acids is 2. The van der Waals surface area contributed by atoms with Crippen molar-refractivity contribution in [2.24, 2.45) is 0 Å². The molecule has 7 nitrogen and oxygen atoms in total. The zero-order valence-corrected chi connectivity index (χ0v) is 13.2. The Balaban J connectivity index is 2.36. The number of hydrogen-bond donors (Lipinski definition) is 0. The third kappa shape index (κ3) is 4.09. The van der Waals surface area contributed by atoms with Crippen LogP contribution >= 0.6 is 0 Å². The minimum Gasteiger partial charge on any atom is -0.461 e. The second-order valence-corrected chi connectivity index (χ2v) is 4.63. The van der Waals surface area contributed by atoms with Crippen LogP contribution < -0.4 is 4.74 Å². The van der Waals surface area contributed by atoms with Crippen molar-refractivity contribution >= 4 is 12.1 Å². The summed E-state index contributed by atoms with van der Waals surface area (Å²) < 4.78 is 16.1. The van der Waals surface area contributed by atoms with Gasteiger partial charge in [-0.2, -0.15) is 5.10 Å². The summed E-state index contributed by atoms with van der Waals surface area (Å²) in [5.74, 6) is -0.680. The van der Waals surface area contributed by atoms with Crippen LogP contribution in [-0.4, -0.2) is 35.1 Å². The maximum Gasteiger partial charge on any atom is 0.513 e. The molecule has 2 aromatic rings. The molecule has 0 saturated carbocycles. The average molecular weight is 318 g/mol. The zero-order valence-electron chi connectivity index (χ0n) is 13.2. The maximum absolute atomic E-state index is 12.0. The number of nitrogens with zero attached hydrogens (tertiary/aromatic N) is 2. The molecule has 0 radical (unpaired) electrons. The SMILES string of the molecule is CCOC(=O)Oc1cn(-c2ccc(C)cc2)nc1C(=O)OCC. The van der Waals surface area contributed by atoms with Gasteiger partial charge in [0.15, 0.2) is 5.75 Å². The van der Waals surface area contributed by atoms with Gasteiger partial charge < -0.3 is 14.2 Å². The van der Waals surface area contributed by atoms with Crippen LogP contribution in [0.3, 0.4) is 0 Å². The van der Waals surface area contributed by atoms with Gasteiger partial charge in [0.05, 0.1) is 25.1 Å². The maximum atomic E-state index is 12.0. The van der Waals surface area contributed by atoms with Crippen LogP contribution in [0.15, 0.2) is 30.5 Å². The van der Waals surface area contributed by atoms with Crippen LogP contribution in [0.2, 0.25) is 0 Å². The summed E-state index contributed by atoms with van der Waals surface area (Å²) in [6.45, 7) is 5.66. The second kappa shape index (κ2) is 7.44. The van der Waals surface area contributed by atoms with Crippen molar-refractivity contribution in [3.05, 3.63) is 41.7 Å². The van der Waals surface area contributed by atoms with Gasteiger partial charge in [-0.25, -0.2) is 14.3 Å². The predicted octanol–water partition coefficient (Wildman–Crippen LogP) is 2.89. The molecule has 0 N–H and O–H groups in total. The highest BCUT2D eigenvalue weighted by atomic mass is 16.7. The molecule has 0 saturated heterocycles. The lowest BCUT2D eigenvalue weighted by Crippen LogP contribution is -2.13. The molecule has 0 aliphatic rings. The first kappa shape index (κ1) is 16.5. The standard InChI is InChI=1S/C16H18N2O5/c1-4-21-15(19)14-13(23-16(20)22-5-2)10-18(17-14)12-8-6-11(3)7-9-12/h6-10H,4-5H2,1-3H3. The molecule has 122 valence electrons. The van der Waals surface area contributed by atoms with E-state index in [9.17, 15) is 9.59 Å². The third-order valence-corrected chi connectivity index (χ3v) is 2.90. The average Bonchev–Trinajstić information content (AvgIpc) is 2.92. The number of hydrogen-bond acceptors (Lipinski definition) is 6. The molecule has 0 spiro atoms. The highest BCUT2D eigenvalue weighted by Gasteiger charge is 2.22. The smallest absolute Gasteiger partial charge is 0.461 e. The molecule has 23 heavy (non-hydrogen) atoms. The van der Waals surface area contributed by atoms with Gasteiger partial charge in [0, 0.05) is 0 Å². The molecule has 1 aromatic heterocycles. The van der Waals surface area contributed by atoms with E-state index in [0.717, 1.165) is 11.3 Å². The first-order valence-electron chi connectivity index (χ1n) is 7.23.